The molecule has 0 saturated heterocycles. The molecule has 0 atom stereocenters. The van der Waals surface area contributed by atoms with Crippen LogP contribution in [0.4, 0.5) is 11.5 Å². The predicted octanol–water partition coefficient (Wildman–Crippen LogP) is 4.87. The molecule has 2 N–H and O–H groups in total. The molecule has 0 fully saturated rings. The number of nitrogens with zero attached hydrogens (tertiary/aromatic N) is 3. The average molecular weight is 363 g/mol. The van der Waals surface area contributed by atoms with Crippen LogP contribution in [0.2, 0.25) is 5.02 Å². The SMILES string of the molecule is CN(Cc1cccc(Cl)c1)c1nc(-c2cccc(N)c2)cn2cccc12. The van der Waals surface area contributed by atoms with E-state index in [1.807, 2.05) is 68.0 Å². The molecule has 0 amide bonds. The van der Waals surface area contributed by atoms with Crippen molar-refractivity contribution in [3.8, 4) is 11.3 Å². The molecule has 4 nitrogen and oxygen atoms in total. The molecule has 4 aromatic rings. The second-order valence-electron chi connectivity index (χ2n) is 6.36. The lowest BCUT2D eigenvalue weighted by Gasteiger charge is -2.21. The Morgan fingerprint density at radius 1 is 1.08 bits per heavy atom. The normalized spacial score (nSPS) is 11.0. The standard InChI is InChI=1S/C21H19ClN4/c1-25(13-15-5-2-7-17(22)11-15)21-20-9-4-10-26(20)14-19(24-21)16-6-3-8-18(23)12-16/h2-12,14H,13,23H2,1H3. The number of fused-ring (bicyclic) bond motifs is 1. The third-order valence-corrected chi connectivity index (χ3v) is 4.58. The van der Waals surface area contributed by atoms with E-state index in [0.717, 1.165) is 45.4 Å². The Hall–Kier alpha value is -2.98. The molecule has 0 bridgehead atoms. The van der Waals surface area contributed by atoms with Crippen molar-refractivity contribution in [1.29, 1.82) is 0 Å². The third-order valence-electron chi connectivity index (χ3n) is 4.35. The molecule has 0 aliphatic heterocycles. The van der Waals surface area contributed by atoms with Crippen molar-refractivity contribution in [2.75, 3.05) is 17.7 Å². The molecule has 0 radical (unpaired) electrons. The minimum absolute atomic E-state index is 0.717. The molecule has 0 unspecified atom stereocenters. The Balaban J connectivity index is 1.77. The van der Waals surface area contributed by atoms with Crippen molar-refractivity contribution in [2.24, 2.45) is 0 Å². The van der Waals surface area contributed by atoms with Crippen LogP contribution >= 0.6 is 11.6 Å². The first-order valence-electron chi connectivity index (χ1n) is 8.39. The fourth-order valence-corrected chi connectivity index (χ4v) is 3.34. The van der Waals surface area contributed by atoms with Crippen LogP contribution in [-0.4, -0.2) is 16.4 Å². The molecule has 0 aliphatic rings. The number of rotatable bonds is 4. The zero-order valence-electron chi connectivity index (χ0n) is 14.4. The highest BCUT2D eigenvalue weighted by atomic mass is 35.5. The van der Waals surface area contributed by atoms with Gasteiger partial charge in [0.05, 0.1) is 11.2 Å². The summed E-state index contributed by atoms with van der Waals surface area (Å²) in [4.78, 5) is 7.06. The van der Waals surface area contributed by atoms with Gasteiger partial charge in [0.15, 0.2) is 5.82 Å². The summed E-state index contributed by atoms with van der Waals surface area (Å²) in [7, 11) is 2.04. The van der Waals surface area contributed by atoms with Crippen LogP contribution in [0.3, 0.4) is 0 Å². The molecule has 0 aliphatic carbocycles. The van der Waals surface area contributed by atoms with Crippen LogP contribution in [0.25, 0.3) is 16.8 Å². The summed E-state index contributed by atoms with van der Waals surface area (Å²) < 4.78 is 2.09. The van der Waals surface area contributed by atoms with E-state index in [2.05, 4.69) is 21.4 Å². The first kappa shape index (κ1) is 16.5. The Morgan fingerprint density at radius 2 is 1.92 bits per heavy atom. The van der Waals surface area contributed by atoms with Crippen LogP contribution < -0.4 is 10.6 Å². The largest absolute Gasteiger partial charge is 0.399 e. The Kier molecular flexibility index (Phi) is 4.27. The maximum absolute atomic E-state index is 6.12. The zero-order chi connectivity index (χ0) is 18.1. The monoisotopic (exact) mass is 362 g/mol. The van der Waals surface area contributed by atoms with Gasteiger partial charge >= 0.3 is 0 Å². The first-order chi connectivity index (χ1) is 12.6. The minimum Gasteiger partial charge on any atom is -0.399 e. The van der Waals surface area contributed by atoms with Gasteiger partial charge in [0, 0.05) is 42.3 Å². The number of nitrogen functional groups attached to an aromatic ring is 1. The average Bonchev–Trinajstić information content (AvgIpc) is 3.09. The predicted molar refractivity (Wildman–Crippen MR) is 109 cm³/mol. The molecule has 0 saturated carbocycles. The summed E-state index contributed by atoms with van der Waals surface area (Å²) in [5.74, 6) is 0.912. The van der Waals surface area contributed by atoms with Gasteiger partial charge in [-0.05, 0) is 42.0 Å². The topological polar surface area (TPSA) is 46.6 Å². The number of halogens is 1. The van der Waals surface area contributed by atoms with Crippen molar-refractivity contribution in [3.05, 3.63) is 83.6 Å². The lowest BCUT2D eigenvalue weighted by Crippen LogP contribution is -2.19. The Bertz CT molecular complexity index is 1070. The summed E-state index contributed by atoms with van der Waals surface area (Å²) in [6, 6.07) is 19.8. The second-order valence-corrected chi connectivity index (χ2v) is 6.80. The lowest BCUT2D eigenvalue weighted by molar-refractivity contribution is 0.897. The van der Waals surface area contributed by atoms with E-state index in [0.29, 0.717) is 0 Å². The van der Waals surface area contributed by atoms with Crippen molar-refractivity contribution in [3.63, 3.8) is 0 Å². The first-order valence-corrected chi connectivity index (χ1v) is 8.77. The Labute approximate surface area is 157 Å². The van der Waals surface area contributed by atoms with E-state index in [1.54, 1.807) is 0 Å². The summed E-state index contributed by atoms with van der Waals surface area (Å²) in [6.45, 7) is 0.717. The van der Waals surface area contributed by atoms with Crippen LogP contribution in [0, 0.1) is 0 Å². The van der Waals surface area contributed by atoms with Gasteiger partial charge in [-0.2, -0.15) is 0 Å². The van der Waals surface area contributed by atoms with Crippen LogP contribution in [-0.2, 0) is 6.54 Å². The number of nitrogens with two attached hydrogens (primary N) is 1. The summed E-state index contributed by atoms with van der Waals surface area (Å²) >= 11 is 6.12. The van der Waals surface area contributed by atoms with Crippen molar-refractivity contribution in [1.82, 2.24) is 9.38 Å². The molecule has 2 heterocycles. The Morgan fingerprint density at radius 3 is 2.73 bits per heavy atom. The smallest absolute Gasteiger partial charge is 0.153 e. The van der Waals surface area contributed by atoms with Crippen molar-refractivity contribution in [2.45, 2.75) is 6.54 Å². The lowest BCUT2D eigenvalue weighted by atomic mass is 10.1. The van der Waals surface area contributed by atoms with Crippen molar-refractivity contribution >= 4 is 28.6 Å². The van der Waals surface area contributed by atoms with Crippen LogP contribution in [0.1, 0.15) is 5.56 Å². The molecule has 130 valence electrons. The van der Waals surface area contributed by atoms with Gasteiger partial charge in [-0.25, -0.2) is 4.98 Å². The van der Waals surface area contributed by atoms with Gasteiger partial charge in [-0.1, -0.05) is 35.9 Å². The number of hydrogen-bond acceptors (Lipinski definition) is 3. The molecule has 0 spiro atoms. The molecule has 4 rings (SSSR count). The highest BCUT2D eigenvalue weighted by Gasteiger charge is 2.12. The molecule has 2 aromatic heterocycles. The van der Waals surface area contributed by atoms with E-state index in [9.17, 15) is 0 Å². The quantitative estimate of drug-likeness (QED) is 0.526. The fraction of sp³-hybridized carbons (Fsp3) is 0.0952. The van der Waals surface area contributed by atoms with E-state index >= 15 is 0 Å². The maximum Gasteiger partial charge on any atom is 0.153 e. The minimum atomic E-state index is 0.717. The van der Waals surface area contributed by atoms with E-state index in [-0.39, 0.29) is 0 Å². The van der Waals surface area contributed by atoms with E-state index < -0.39 is 0 Å². The molecule has 26 heavy (non-hydrogen) atoms. The molecular weight excluding hydrogens is 344 g/mol. The van der Waals surface area contributed by atoms with E-state index in [1.165, 1.54) is 0 Å². The highest BCUT2D eigenvalue weighted by Crippen LogP contribution is 2.27. The van der Waals surface area contributed by atoms with Gasteiger partial charge < -0.3 is 15.0 Å². The molecule has 5 heteroatoms. The van der Waals surface area contributed by atoms with Crippen molar-refractivity contribution < 1.29 is 0 Å². The van der Waals surface area contributed by atoms with Gasteiger partial charge in [0.1, 0.15) is 0 Å². The second kappa shape index (κ2) is 6.73. The summed E-state index contributed by atoms with van der Waals surface area (Å²) in [6.07, 6.45) is 4.06. The zero-order valence-corrected chi connectivity index (χ0v) is 15.2. The number of aromatic nitrogens is 2. The number of anilines is 2. The van der Waals surface area contributed by atoms with Gasteiger partial charge in [0.25, 0.3) is 0 Å². The summed E-state index contributed by atoms with van der Waals surface area (Å²) in [5, 5.41) is 0.741. The van der Waals surface area contributed by atoms with Gasteiger partial charge in [0.2, 0.25) is 0 Å². The number of benzene rings is 2. The number of hydrogen-bond donors (Lipinski definition) is 1. The van der Waals surface area contributed by atoms with E-state index in [4.69, 9.17) is 22.3 Å². The highest BCUT2D eigenvalue weighted by molar-refractivity contribution is 6.30. The molecular formula is C21H19ClN4. The maximum atomic E-state index is 6.12. The third kappa shape index (κ3) is 3.24. The van der Waals surface area contributed by atoms with Crippen LogP contribution in [0.15, 0.2) is 73.1 Å². The van der Waals surface area contributed by atoms with Gasteiger partial charge in [-0.15, -0.1) is 0 Å². The van der Waals surface area contributed by atoms with Crippen LogP contribution in [0.5, 0.6) is 0 Å². The molecule has 2 aromatic carbocycles. The summed E-state index contributed by atoms with van der Waals surface area (Å²) in [5.41, 5.74) is 10.8. The van der Waals surface area contributed by atoms with Gasteiger partial charge in [-0.3, -0.25) is 0 Å². The fourth-order valence-electron chi connectivity index (χ4n) is 3.13.